The SMILES string of the molecule is O=NC1([N+](=O)[O-])CO1. The second kappa shape index (κ2) is 1.22. The average molecular weight is 118 g/mol. The number of nitro groups is 1. The summed E-state index contributed by atoms with van der Waals surface area (Å²) in [6.07, 6.45) is 0. The van der Waals surface area contributed by atoms with Crippen molar-refractivity contribution in [2.45, 2.75) is 5.85 Å². The molecular weight excluding hydrogens is 116 g/mol. The maximum Gasteiger partial charge on any atom is 0.484 e. The zero-order valence-corrected chi connectivity index (χ0v) is 3.73. The van der Waals surface area contributed by atoms with Crippen LogP contribution in [-0.2, 0) is 4.74 Å². The molecule has 0 spiro atoms. The quantitative estimate of drug-likeness (QED) is 0.216. The molecule has 0 aliphatic carbocycles. The van der Waals surface area contributed by atoms with Gasteiger partial charge in [-0.1, -0.05) is 0 Å². The van der Waals surface area contributed by atoms with Gasteiger partial charge in [-0.15, -0.1) is 4.91 Å². The van der Waals surface area contributed by atoms with Gasteiger partial charge in [0.05, 0.1) is 4.92 Å². The Morgan fingerprint density at radius 1 is 1.88 bits per heavy atom. The van der Waals surface area contributed by atoms with E-state index in [1.54, 1.807) is 0 Å². The lowest BCUT2D eigenvalue weighted by Gasteiger charge is -1.86. The van der Waals surface area contributed by atoms with Crippen LogP contribution < -0.4 is 0 Å². The summed E-state index contributed by atoms with van der Waals surface area (Å²) in [5.41, 5.74) is 0. The number of hydrogen-bond acceptors (Lipinski definition) is 5. The Balaban J connectivity index is 2.66. The van der Waals surface area contributed by atoms with E-state index in [-0.39, 0.29) is 6.61 Å². The maximum atomic E-state index is 9.70. The molecule has 8 heavy (non-hydrogen) atoms. The van der Waals surface area contributed by atoms with Gasteiger partial charge < -0.3 is 0 Å². The van der Waals surface area contributed by atoms with Crippen LogP contribution in [0.15, 0.2) is 5.18 Å². The van der Waals surface area contributed by atoms with Crippen molar-refractivity contribution in [2.24, 2.45) is 5.18 Å². The van der Waals surface area contributed by atoms with E-state index in [2.05, 4.69) is 9.91 Å². The predicted molar refractivity (Wildman–Crippen MR) is 21.5 cm³/mol. The summed E-state index contributed by atoms with van der Waals surface area (Å²) in [5.74, 6) is -1.92. The number of epoxide rings is 1. The molecule has 0 radical (unpaired) electrons. The molecule has 0 aromatic heterocycles. The van der Waals surface area contributed by atoms with Crippen LogP contribution in [0.3, 0.4) is 0 Å². The molecule has 0 N–H and O–H groups in total. The van der Waals surface area contributed by atoms with Crippen LogP contribution >= 0.6 is 0 Å². The van der Waals surface area contributed by atoms with Crippen molar-refractivity contribution in [1.29, 1.82) is 0 Å². The van der Waals surface area contributed by atoms with Crippen molar-refractivity contribution in [3.05, 3.63) is 15.0 Å². The van der Waals surface area contributed by atoms with E-state index in [0.29, 0.717) is 0 Å². The Hall–Kier alpha value is -1.04. The van der Waals surface area contributed by atoms with Crippen LogP contribution in [0.25, 0.3) is 0 Å². The molecule has 1 aliphatic heterocycles. The van der Waals surface area contributed by atoms with Crippen molar-refractivity contribution in [3.63, 3.8) is 0 Å². The summed E-state index contributed by atoms with van der Waals surface area (Å²) < 4.78 is 4.13. The first kappa shape index (κ1) is 5.10. The second-order valence-corrected chi connectivity index (χ2v) is 1.38. The van der Waals surface area contributed by atoms with E-state index in [1.165, 1.54) is 0 Å². The normalized spacial score (nSPS) is 34.0. The number of nitrogens with zero attached hydrogens (tertiary/aromatic N) is 2. The standard InChI is InChI=1S/C2H2N2O4/c5-3-2(1-8-2)4(6)7/h1H2. The van der Waals surface area contributed by atoms with Crippen molar-refractivity contribution >= 4 is 0 Å². The molecule has 6 nitrogen and oxygen atoms in total. The van der Waals surface area contributed by atoms with Crippen molar-refractivity contribution in [2.75, 3.05) is 6.61 Å². The fourth-order valence-electron chi connectivity index (χ4n) is 0.256. The Morgan fingerprint density at radius 2 is 2.38 bits per heavy atom. The van der Waals surface area contributed by atoms with Gasteiger partial charge in [0.15, 0.2) is 6.61 Å². The first-order valence-electron chi connectivity index (χ1n) is 1.84. The molecule has 0 saturated carbocycles. The zero-order chi connectivity index (χ0) is 6.20. The monoisotopic (exact) mass is 118 g/mol. The topological polar surface area (TPSA) is 85.1 Å². The summed E-state index contributed by atoms with van der Waals surface area (Å²) in [6.45, 7) is -0.191. The van der Waals surface area contributed by atoms with Crippen LogP contribution in [-0.4, -0.2) is 17.4 Å². The van der Waals surface area contributed by atoms with Gasteiger partial charge in [0.1, 0.15) is 0 Å². The zero-order valence-electron chi connectivity index (χ0n) is 3.73. The molecule has 0 aromatic rings. The van der Waals surface area contributed by atoms with E-state index in [1.807, 2.05) is 0 Å². The number of rotatable bonds is 2. The van der Waals surface area contributed by atoms with Crippen LogP contribution in [0.2, 0.25) is 0 Å². The Kier molecular flexibility index (Phi) is 0.779. The van der Waals surface area contributed by atoms with Gasteiger partial charge in [0.25, 0.3) is 0 Å². The smallest absolute Gasteiger partial charge is 0.278 e. The van der Waals surface area contributed by atoms with E-state index in [0.717, 1.165) is 0 Å². The number of hydrogen-bond donors (Lipinski definition) is 0. The summed E-state index contributed by atoms with van der Waals surface area (Å²) in [4.78, 5) is 18.4. The Labute approximate surface area is 43.6 Å². The predicted octanol–water partition coefficient (Wildman–Crippen LogP) is -0.287. The van der Waals surface area contributed by atoms with E-state index >= 15 is 0 Å². The second-order valence-electron chi connectivity index (χ2n) is 1.38. The van der Waals surface area contributed by atoms with E-state index in [4.69, 9.17) is 0 Å². The molecule has 1 heterocycles. The molecule has 0 aromatic carbocycles. The minimum absolute atomic E-state index is 0.191. The first-order chi connectivity index (χ1) is 3.71. The Bertz CT molecular complexity index is 139. The Morgan fingerprint density at radius 3 is 2.38 bits per heavy atom. The largest absolute Gasteiger partial charge is 0.484 e. The highest BCUT2D eigenvalue weighted by Gasteiger charge is 2.62. The molecule has 0 bridgehead atoms. The molecule has 0 amide bonds. The molecule has 1 atom stereocenters. The molecular formula is C2H2N2O4. The van der Waals surface area contributed by atoms with Gasteiger partial charge in [0, 0.05) is 5.18 Å². The van der Waals surface area contributed by atoms with E-state index in [9.17, 15) is 15.0 Å². The van der Waals surface area contributed by atoms with Gasteiger partial charge in [-0.25, -0.2) is 0 Å². The van der Waals surface area contributed by atoms with Gasteiger partial charge in [0.2, 0.25) is 0 Å². The van der Waals surface area contributed by atoms with Crippen LogP contribution in [0.4, 0.5) is 0 Å². The third kappa shape index (κ3) is 0.463. The van der Waals surface area contributed by atoms with Gasteiger partial charge in [-0.3, -0.25) is 14.9 Å². The molecule has 1 unspecified atom stereocenters. The minimum Gasteiger partial charge on any atom is -0.278 e. The molecule has 44 valence electrons. The molecule has 1 rings (SSSR count). The van der Waals surface area contributed by atoms with Crippen molar-refractivity contribution in [3.8, 4) is 0 Å². The van der Waals surface area contributed by atoms with Gasteiger partial charge in [-0.2, -0.15) is 0 Å². The fourth-order valence-corrected chi connectivity index (χ4v) is 0.256. The van der Waals surface area contributed by atoms with Gasteiger partial charge in [-0.05, 0) is 0 Å². The highest BCUT2D eigenvalue weighted by Crippen LogP contribution is 2.27. The lowest BCUT2D eigenvalue weighted by Crippen LogP contribution is -2.18. The van der Waals surface area contributed by atoms with Gasteiger partial charge >= 0.3 is 5.85 Å². The number of nitroso groups, excluding NO2 is 1. The minimum atomic E-state index is -1.92. The third-order valence-electron chi connectivity index (χ3n) is 0.830. The summed E-state index contributed by atoms with van der Waals surface area (Å²) >= 11 is 0. The molecule has 1 fully saturated rings. The number of ether oxygens (including phenoxy) is 1. The molecule has 1 saturated heterocycles. The maximum absolute atomic E-state index is 9.70. The summed E-state index contributed by atoms with van der Waals surface area (Å²) in [5, 5.41) is 11.9. The average Bonchev–Trinajstić information content (AvgIpc) is 2.44. The molecule has 1 aliphatic rings. The van der Waals surface area contributed by atoms with E-state index < -0.39 is 10.8 Å². The van der Waals surface area contributed by atoms with Crippen LogP contribution in [0.5, 0.6) is 0 Å². The first-order valence-corrected chi connectivity index (χ1v) is 1.84. The van der Waals surface area contributed by atoms with Crippen molar-refractivity contribution in [1.82, 2.24) is 0 Å². The third-order valence-corrected chi connectivity index (χ3v) is 0.830. The van der Waals surface area contributed by atoms with Crippen LogP contribution in [0, 0.1) is 15.0 Å². The lowest BCUT2D eigenvalue weighted by molar-refractivity contribution is -0.560. The highest BCUT2D eigenvalue weighted by atomic mass is 16.8. The summed E-state index contributed by atoms with van der Waals surface area (Å²) in [7, 11) is 0. The lowest BCUT2D eigenvalue weighted by atomic mass is 10.6. The van der Waals surface area contributed by atoms with Crippen molar-refractivity contribution < 1.29 is 9.66 Å². The fraction of sp³-hybridized carbons (Fsp3) is 1.00. The molecule has 6 heteroatoms. The van der Waals surface area contributed by atoms with Crippen LogP contribution in [0.1, 0.15) is 0 Å². The highest BCUT2D eigenvalue weighted by molar-refractivity contribution is 4.75. The summed E-state index contributed by atoms with van der Waals surface area (Å²) in [6, 6.07) is 0.